The highest BCUT2D eigenvalue weighted by atomic mass is 32.2. The largest absolute Gasteiger partial charge is 0.388 e. The molecule has 7 nitrogen and oxygen atoms in total. The van der Waals surface area contributed by atoms with Crippen LogP contribution in [0.1, 0.15) is 53.9 Å². The molecule has 0 bridgehead atoms. The summed E-state index contributed by atoms with van der Waals surface area (Å²) in [5.74, 6) is 0.455. The molecular weight excluding hydrogens is 392 g/mol. The van der Waals surface area contributed by atoms with Crippen molar-refractivity contribution in [1.29, 1.82) is 0 Å². The molecule has 0 aromatic rings. The number of nitrogens with zero attached hydrogens (tertiary/aromatic N) is 1. The number of hydrogen-bond acceptors (Lipinski definition) is 7. The van der Waals surface area contributed by atoms with Gasteiger partial charge in [-0.25, -0.2) is 0 Å². The van der Waals surface area contributed by atoms with Crippen LogP contribution in [-0.2, 0) is 9.53 Å². The number of likely N-dealkylation sites (N-methyl/N-ethyl adjacent to an activating group) is 1. The van der Waals surface area contributed by atoms with Crippen LogP contribution in [-0.4, -0.2) is 86.9 Å². The molecule has 0 aliphatic carbocycles. The Morgan fingerprint density at radius 3 is 2.38 bits per heavy atom. The Labute approximate surface area is 179 Å². The second kappa shape index (κ2) is 10.8. The van der Waals surface area contributed by atoms with Crippen LogP contribution >= 0.6 is 11.8 Å². The summed E-state index contributed by atoms with van der Waals surface area (Å²) in [6.45, 7) is 11.0. The maximum Gasteiger partial charge on any atom is 0.237 e. The molecule has 0 aromatic carbocycles. The fourth-order valence-electron chi connectivity index (χ4n) is 4.47. The summed E-state index contributed by atoms with van der Waals surface area (Å²) in [5, 5.41) is 34.6. The fourth-order valence-corrected chi connectivity index (χ4v) is 5.52. The molecule has 1 amide bonds. The van der Waals surface area contributed by atoms with Gasteiger partial charge in [0, 0.05) is 11.8 Å². The first kappa shape index (κ1) is 24.9. The van der Waals surface area contributed by atoms with E-state index in [1.165, 1.54) is 11.8 Å². The minimum absolute atomic E-state index is 0.0103. The molecule has 0 spiro atoms. The molecule has 8 heteroatoms. The number of rotatable bonds is 8. The molecule has 2 heterocycles. The van der Waals surface area contributed by atoms with Gasteiger partial charge in [-0.15, -0.1) is 11.8 Å². The summed E-state index contributed by atoms with van der Waals surface area (Å²) in [6, 6.07) is -0.654. The Bertz CT molecular complexity index is 535. The summed E-state index contributed by atoms with van der Waals surface area (Å²) in [7, 11) is 1.98. The van der Waals surface area contributed by atoms with E-state index >= 15 is 0 Å². The van der Waals surface area contributed by atoms with Gasteiger partial charge in [0.2, 0.25) is 5.91 Å². The van der Waals surface area contributed by atoms with Crippen LogP contribution in [0.15, 0.2) is 0 Å². The van der Waals surface area contributed by atoms with E-state index in [-0.39, 0.29) is 23.1 Å². The molecule has 2 rings (SSSR count). The minimum atomic E-state index is -1.31. The van der Waals surface area contributed by atoms with Crippen molar-refractivity contribution in [3.8, 4) is 0 Å². The summed E-state index contributed by atoms with van der Waals surface area (Å²) in [5.41, 5.74) is -0.653. The van der Waals surface area contributed by atoms with Gasteiger partial charge in [-0.1, -0.05) is 41.0 Å². The summed E-state index contributed by atoms with van der Waals surface area (Å²) in [4.78, 5) is 15.2. The topological polar surface area (TPSA) is 102 Å². The number of carbonyl (C=O) groups is 1. The second-order valence-electron chi connectivity index (χ2n) is 9.25. The van der Waals surface area contributed by atoms with Gasteiger partial charge in [-0.05, 0) is 31.7 Å². The van der Waals surface area contributed by atoms with Crippen molar-refractivity contribution >= 4 is 17.7 Å². The van der Waals surface area contributed by atoms with Gasteiger partial charge in [0.1, 0.15) is 29.9 Å². The van der Waals surface area contributed by atoms with E-state index in [1.807, 2.05) is 34.7 Å². The number of ether oxygens (including phenoxy) is 1. The number of nitrogens with one attached hydrogen (secondary N) is 1. The molecule has 3 unspecified atom stereocenters. The normalized spacial score (nSPS) is 37.3. The molecular formula is C21H40N2O5S. The van der Waals surface area contributed by atoms with Gasteiger partial charge in [-0.2, -0.15) is 0 Å². The molecule has 0 radical (unpaired) electrons. The smallest absolute Gasteiger partial charge is 0.237 e. The number of likely N-dealkylation sites (tertiary alicyclic amines) is 1. The highest BCUT2D eigenvalue weighted by Crippen LogP contribution is 2.33. The van der Waals surface area contributed by atoms with E-state index in [1.54, 1.807) is 0 Å². The predicted molar refractivity (Wildman–Crippen MR) is 116 cm³/mol. The summed E-state index contributed by atoms with van der Waals surface area (Å²) in [6.07, 6.45) is -1.48. The lowest BCUT2D eigenvalue weighted by atomic mass is 9.88. The van der Waals surface area contributed by atoms with Crippen molar-refractivity contribution in [2.75, 3.05) is 13.6 Å². The average Bonchev–Trinajstić information content (AvgIpc) is 3.00. The summed E-state index contributed by atoms with van der Waals surface area (Å²) < 4.78 is 6.04. The van der Waals surface area contributed by atoms with E-state index in [0.29, 0.717) is 5.92 Å². The standard InChI is InChI=1S/C21H40N2O5S/c1-7-8-13-9-14(23(6)10-13)20(27)22-15(11(2)3)19-17(25)16(24)18(26)21(28-19)29-12(4)5/h11-19,21,24-26H,7-10H2,1-6H3,(H,22,27)/t13?,14?,15?,16-,17+,18+,19+,21+/m0/s1. The zero-order valence-corrected chi connectivity index (χ0v) is 19.4. The van der Waals surface area contributed by atoms with Gasteiger partial charge < -0.3 is 25.4 Å². The first-order chi connectivity index (χ1) is 13.6. The van der Waals surface area contributed by atoms with Crippen molar-refractivity contribution in [2.45, 2.75) is 101 Å². The molecule has 8 atom stereocenters. The Hall–Kier alpha value is -0.380. The number of aliphatic hydroxyl groups is 3. The molecule has 2 aliphatic rings. The van der Waals surface area contributed by atoms with Crippen LogP contribution in [0.3, 0.4) is 0 Å². The van der Waals surface area contributed by atoms with Gasteiger partial charge in [0.05, 0.1) is 12.1 Å². The van der Waals surface area contributed by atoms with Crippen LogP contribution in [0.2, 0.25) is 0 Å². The fraction of sp³-hybridized carbons (Fsp3) is 0.952. The van der Waals surface area contributed by atoms with Crippen LogP contribution in [0.25, 0.3) is 0 Å². The van der Waals surface area contributed by atoms with Crippen LogP contribution in [0.5, 0.6) is 0 Å². The maximum absolute atomic E-state index is 13.1. The first-order valence-corrected chi connectivity index (χ1v) is 11.9. The zero-order chi connectivity index (χ0) is 21.9. The lowest BCUT2D eigenvalue weighted by Crippen LogP contribution is -2.64. The van der Waals surface area contributed by atoms with E-state index in [4.69, 9.17) is 4.74 Å². The Balaban J connectivity index is 2.12. The minimum Gasteiger partial charge on any atom is -0.388 e. The van der Waals surface area contributed by atoms with Gasteiger partial charge >= 0.3 is 0 Å². The van der Waals surface area contributed by atoms with Gasteiger partial charge in [-0.3, -0.25) is 9.69 Å². The third kappa shape index (κ3) is 6.08. The van der Waals surface area contributed by atoms with Crippen LogP contribution < -0.4 is 5.32 Å². The van der Waals surface area contributed by atoms with Crippen LogP contribution in [0.4, 0.5) is 0 Å². The Kier molecular flexibility index (Phi) is 9.25. The predicted octanol–water partition coefficient (Wildman–Crippen LogP) is 1.20. The van der Waals surface area contributed by atoms with Crippen molar-refractivity contribution in [1.82, 2.24) is 10.2 Å². The molecule has 2 aliphatic heterocycles. The van der Waals surface area contributed by atoms with Crippen molar-refractivity contribution in [3.05, 3.63) is 0 Å². The van der Waals surface area contributed by atoms with E-state index in [0.717, 1.165) is 25.8 Å². The third-order valence-corrected chi connectivity index (χ3v) is 7.23. The molecule has 170 valence electrons. The van der Waals surface area contributed by atoms with Gasteiger partial charge in [0.15, 0.2) is 0 Å². The molecule has 4 N–H and O–H groups in total. The zero-order valence-electron chi connectivity index (χ0n) is 18.6. The number of thioether (sulfide) groups is 1. The highest BCUT2D eigenvalue weighted by Gasteiger charge is 2.48. The number of carbonyl (C=O) groups excluding carboxylic acids is 1. The Morgan fingerprint density at radius 1 is 1.17 bits per heavy atom. The number of aliphatic hydroxyl groups excluding tert-OH is 3. The molecule has 29 heavy (non-hydrogen) atoms. The molecule has 0 aromatic heterocycles. The Morgan fingerprint density at radius 2 is 1.83 bits per heavy atom. The monoisotopic (exact) mass is 432 g/mol. The maximum atomic E-state index is 13.1. The lowest BCUT2D eigenvalue weighted by molar-refractivity contribution is -0.208. The van der Waals surface area contributed by atoms with Crippen molar-refractivity contribution in [3.63, 3.8) is 0 Å². The van der Waals surface area contributed by atoms with Gasteiger partial charge in [0.25, 0.3) is 0 Å². The highest BCUT2D eigenvalue weighted by molar-refractivity contribution is 8.00. The van der Waals surface area contributed by atoms with E-state index in [9.17, 15) is 20.1 Å². The quantitative estimate of drug-likeness (QED) is 0.457. The van der Waals surface area contributed by atoms with Crippen LogP contribution in [0, 0.1) is 11.8 Å². The number of amides is 1. The third-order valence-electron chi connectivity index (χ3n) is 6.03. The van der Waals surface area contributed by atoms with E-state index in [2.05, 4.69) is 17.1 Å². The average molecular weight is 433 g/mol. The summed E-state index contributed by atoms with van der Waals surface area (Å²) >= 11 is 1.41. The number of hydrogen-bond donors (Lipinski definition) is 4. The lowest BCUT2D eigenvalue weighted by Gasteiger charge is -2.45. The van der Waals surface area contributed by atoms with E-state index < -0.39 is 35.9 Å². The first-order valence-electron chi connectivity index (χ1n) is 10.9. The molecule has 2 saturated heterocycles. The second-order valence-corrected chi connectivity index (χ2v) is 10.9. The molecule has 2 fully saturated rings. The molecule has 0 saturated carbocycles. The van der Waals surface area contributed by atoms with Crippen molar-refractivity contribution in [2.24, 2.45) is 11.8 Å². The van der Waals surface area contributed by atoms with Crippen molar-refractivity contribution < 1.29 is 24.9 Å². The SMILES string of the molecule is CCCC1CC(C(=O)NC(C(C)C)[C@H]2O[C@H](SC(C)C)[C@H](O)[C@@H](O)[C@H]2O)N(C)C1.